The molecule has 0 fully saturated rings. The van der Waals surface area contributed by atoms with Gasteiger partial charge < -0.3 is 10.5 Å². The van der Waals surface area contributed by atoms with E-state index in [-0.39, 0.29) is 5.97 Å². The van der Waals surface area contributed by atoms with Gasteiger partial charge in [0.2, 0.25) is 0 Å². The van der Waals surface area contributed by atoms with Crippen LogP contribution in [0.25, 0.3) is 10.4 Å². The average molecular weight is 361 g/mol. The first-order valence-corrected chi connectivity index (χ1v) is 7.53. The van der Waals surface area contributed by atoms with Crippen molar-refractivity contribution in [2.24, 2.45) is 0 Å². The Morgan fingerprint density at radius 2 is 2.21 bits per heavy atom. The molecule has 3 nitrogen and oxygen atoms in total. The van der Waals surface area contributed by atoms with E-state index in [4.69, 9.17) is 22.1 Å². The van der Waals surface area contributed by atoms with Crippen molar-refractivity contribution in [3.63, 3.8) is 0 Å². The van der Waals surface area contributed by atoms with Gasteiger partial charge in [0.05, 0.1) is 17.3 Å². The maximum Gasteiger partial charge on any atom is 0.350 e. The lowest BCUT2D eigenvalue weighted by molar-refractivity contribution is 0.0533. The van der Waals surface area contributed by atoms with Crippen LogP contribution in [-0.2, 0) is 4.74 Å². The first-order valence-electron chi connectivity index (χ1n) is 5.54. The van der Waals surface area contributed by atoms with E-state index in [1.165, 1.54) is 11.3 Å². The van der Waals surface area contributed by atoms with Gasteiger partial charge in [0.1, 0.15) is 4.88 Å². The predicted octanol–water partition coefficient (Wildman–Crippen LogP) is 4.59. The molecule has 2 N–H and O–H groups in total. The first kappa shape index (κ1) is 14.4. The van der Waals surface area contributed by atoms with E-state index in [0.29, 0.717) is 22.2 Å². The van der Waals surface area contributed by atoms with Crippen LogP contribution in [0.4, 0.5) is 5.69 Å². The second kappa shape index (κ2) is 5.94. The third-order valence-electron chi connectivity index (χ3n) is 2.43. The summed E-state index contributed by atoms with van der Waals surface area (Å²) in [6, 6.07) is 7.36. The Hall–Kier alpha value is -1.04. The molecule has 0 aliphatic heterocycles. The summed E-state index contributed by atoms with van der Waals surface area (Å²) in [5, 5.41) is 0.613. The summed E-state index contributed by atoms with van der Waals surface area (Å²) in [6.07, 6.45) is 0. The third-order valence-corrected chi connectivity index (χ3v) is 4.84. The molecule has 0 amide bonds. The molecule has 2 rings (SSSR count). The Morgan fingerprint density at radius 1 is 1.47 bits per heavy atom. The van der Waals surface area contributed by atoms with Crippen molar-refractivity contribution in [2.45, 2.75) is 6.92 Å². The maximum absolute atomic E-state index is 11.7. The summed E-state index contributed by atoms with van der Waals surface area (Å²) in [5.74, 6) is -0.389. The van der Waals surface area contributed by atoms with Crippen LogP contribution in [0.1, 0.15) is 16.6 Å². The summed E-state index contributed by atoms with van der Waals surface area (Å²) in [6.45, 7) is 2.09. The highest BCUT2D eigenvalue weighted by molar-refractivity contribution is 9.10. The van der Waals surface area contributed by atoms with E-state index in [1.54, 1.807) is 13.0 Å². The summed E-state index contributed by atoms with van der Waals surface area (Å²) in [4.78, 5) is 13.0. The molecule has 0 unspecified atom stereocenters. The smallest absolute Gasteiger partial charge is 0.350 e. The standard InChI is InChI=1S/C13H11BrClNO2S/c1-2-18-13(17)12-10(16)6-11(19-12)7-3-4-8(14)9(15)5-7/h3-6H,2,16H2,1H3. The van der Waals surface area contributed by atoms with Gasteiger partial charge in [-0.15, -0.1) is 11.3 Å². The Balaban J connectivity index is 2.38. The van der Waals surface area contributed by atoms with Crippen molar-refractivity contribution >= 4 is 50.5 Å². The Morgan fingerprint density at radius 3 is 2.84 bits per heavy atom. The van der Waals surface area contributed by atoms with Gasteiger partial charge >= 0.3 is 5.97 Å². The molecule has 1 heterocycles. The molecule has 0 radical (unpaired) electrons. The lowest BCUT2D eigenvalue weighted by Crippen LogP contribution is -2.04. The molecule has 0 saturated heterocycles. The van der Waals surface area contributed by atoms with Gasteiger partial charge in [0.25, 0.3) is 0 Å². The zero-order valence-corrected chi connectivity index (χ0v) is 13.2. The highest BCUT2D eigenvalue weighted by Crippen LogP contribution is 2.36. The molecule has 2 aromatic rings. The van der Waals surface area contributed by atoms with Crippen LogP contribution in [0.2, 0.25) is 5.02 Å². The quantitative estimate of drug-likeness (QED) is 0.814. The van der Waals surface area contributed by atoms with Crippen molar-refractivity contribution in [2.75, 3.05) is 12.3 Å². The van der Waals surface area contributed by atoms with Gasteiger partial charge in [-0.2, -0.15) is 0 Å². The molecule has 100 valence electrons. The number of nitrogens with two attached hydrogens (primary N) is 1. The van der Waals surface area contributed by atoms with Gasteiger partial charge in [-0.25, -0.2) is 4.79 Å². The Labute approximate surface area is 128 Å². The molecular formula is C13H11BrClNO2S. The molecule has 1 aromatic heterocycles. The summed E-state index contributed by atoms with van der Waals surface area (Å²) >= 11 is 10.7. The number of ether oxygens (including phenoxy) is 1. The minimum absolute atomic E-state index is 0.329. The van der Waals surface area contributed by atoms with Crippen LogP contribution in [0.3, 0.4) is 0 Å². The normalized spacial score (nSPS) is 10.5. The van der Waals surface area contributed by atoms with Crippen LogP contribution in [0.5, 0.6) is 0 Å². The van der Waals surface area contributed by atoms with E-state index in [1.807, 2.05) is 18.2 Å². The third kappa shape index (κ3) is 3.11. The SMILES string of the molecule is CCOC(=O)c1sc(-c2ccc(Br)c(Cl)c2)cc1N. The van der Waals surface area contributed by atoms with Crippen molar-refractivity contribution in [3.8, 4) is 10.4 Å². The highest BCUT2D eigenvalue weighted by Gasteiger charge is 2.16. The largest absolute Gasteiger partial charge is 0.462 e. The van der Waals surface area contributed by atoms with Crippen LogP contribution < -0.4 is 5.73 Å². The van der Waals surface area contributed by atoms with Crippen LogP contribution >= 0.6 is 38.9 Å². The highest BCUT2D eigenvalue weighted by atomic mass is 79.9. The zero-order valence-electron chi connectivity index (χ0n) is 10.1. The molecule has 6 heteroatoms. The van der Waals surface area contributed by atoms with Crippen molar-refractivity contribution in [1.82, 2.24) is 0 Å². The van der Waals surface area contributed by atoms with E-state index in [2.05, 4.69) is 15.9 Å². The molecule has 0 aliphatic carbocycles. The topological polar surface area (TPSA) is 52.3 Å². The lowest BCUT2D eigenvalue weighted by Gasteiger charge is -2.00. The van der Waals surface area contributed by atoms with Gasteiger partial charge in [-0.1, -0.05) is 17.7 Å². The number of benzene rings is 1. The molecular weight excluding hydrogens is 350 g/mol. The van der Waals surface area contributed by atoms with Gasteiger partial charge in [-0.3, -0.25) is 0 Å². The average Bonchev–Trinajstić information content (AvgIpc) is 2.75. The second-order valence-corrected chi connectivity index (χ2v) is 6.06. The van der Waals surface area contributed by atoms with Gasteiger partial charge in [0, 0.05) is 9.35 Å². The maximum atomic E-state index is 11.7. The molecule has 0 aliphatic rings. The number of anilines is 1. The Bertz CT molecular complexity index is 627. The second-order valence-electron chi connectivity index (χ2n) is 3.74. The number of esters is 1. The number of hydrogen-bond donors (Lipinski definition) is 1. The predicted molar refractivity (Wildman–Crippen MR) is 82.8 cm³/mol. The molecule has 0 atom stereocenters. The number of rotatable bonds is 3. The van der Waals surface area contributed by atoms with E-state index in [0.717, 1.165) is 14.9 Å². The summed E-state index contributed by atoms with van der Waals surface area (Å²) in [7, 11) is 0. The molecule has 19 heavy (non-hydrogen) atoms. The molecule has 1 aromatic carbocycles. The fourth-order valence-electron chi connectivity index (χ4n) is 1.55. The summed E-state index contributed by atoms with van der Waals surface area (Å²) < 4.78 is 5.79. The monoisotopic (exact) mass is 359 g/mol. The van der Waals surface area contributed by atoms with Crippen LogP contribution in [0.15, 0.2) is 28.7 Å². The number of halogens is 2. The van der Waals surface area contributed by atoms with E-state index < -0.39 is 0 Å². The first-order chi connectivity index (χ1) is 9.02. The van der Waals surface area contributed by atoms with Crippen molar-refractivity contribution in [3.05, 3.63) is 38.6 Å². The van der Waals surface area contributed by atoms with Crippen LogP contribution in [-0.4, -0.2) is 12.6 Å². The van der Waals surface area contributed by atoms with Crippen molar-refractivity contribution < 1.29 is 9.53 Å². The van der Waals surface area contributed by atoms with Crippen LogP contribution in [0, 0.1) is 0 Å². The van der Waals surface area contributed by atoms with Gasteiger partial charge in [-0.05, 0) is 46.6 Å². The molecule has 0 spiro atoms. The van der Waals surface area contributed by atoms with Gasteiger partial charge in [0.15, 0.2) is 0 Å². The number of carbonyl (C=O) groups excluding carboxylic acids is 1. The fraction of sp³-hybridized carbons (Fsp3) is 0.154. The zero-order chi connectivity index (χ0) is 14.0. The number of thiophene rings is 1. The minimum Gasteiger partial charge on any atom is -0.462 e. The number of hydrogen-bond acceptors (Lipinski definition) is 4. The minimum atomic E-state index is -0.389. The van der Waals surface area contributed by atoms with E-state index >= 15 is 0 Å². The Kier molecular flexibility index (Phi) is 4.50. The fourth-order valence-corrected chi connectivity index (χ4v) is 2.95. The number of carbonyl (C=O) groups is 1. The van der Waals surface area contributed by atoms with Crippen molar-refractivity contribution in [1.29, 1.82) is 0 Å². The molecule has 0 bridgehead atoms. The van der Waals surface area contributed by atoms with E-state index in [9.17, 15) is 4.79 Å². The molecule has 0 saturated carbocycles. The summed E-state index contributed by atoms with van der Waals surface area (Å²) in [5.41, 5.74) is 7.19. The lowest BCUT2D eigenvalue weighted by atomic mass is 10.2. The number of nitrogen functional groups attached to an aromatic ring is 1.